The van der Waals surface area contributed by atoms with E-state index in [1.54, 1.807) is 4.90 Å². The van der Waals surface area contributed by atoms with Gasteiger partial charge in [-0.1, -0.05) is 6.42 Å². The van der Waals surface area contributed by atoms with Crippen LogP contribution in [0.3, 0.4) is 0 Å². The Bertz CT molecular complexity index is 397. The van der Waals surface area contributed by atoms with Gasteiger partial charge in [-0.05, 0) is 26.2 Å². The van der Waals surface area contributed by atoms with Crippen molar-refractivity contribution in [2.45, 2.75) is 51.0 Å². The van der Waals surface area contributed by atoms with Crippen LogP contribution < -0.4 is 0 Å². The molecule has 1 heterocycles. The van der Waals surface area contributed by atoms with Gasteiger partial charge in [-0.15, -0.1) is 0 Å². The molecule has 0 aromatic rings. The maximum Gasteiger partial charge on any atom is 0.335 e. The first-order valence-corrected chi connectivity index (χ1v) is 7.76. The van der Waals surface area contributed by atoms with E-state index in [1.807, 2.05) is 6.92 Å². The Balaban J connectivity index is 1.92. The zero-order valence-corrected chi connectivity index (χ0v) is 12.6. The van der Waals surface area contributed by atoms with Crippen LogP contribution >= 0.6 is 0 Å². The van der Waals surface area contributed by atoms with Crippen molar-refractivity contribution in [2.24, 2.45) is 5.41 Å². The molecule has 0 spiro atoms. The number of likely N-dealkylation sites (tertiary alicyclic amines) is 1. The van der Waals surface area contributed by atoms with Crippen LogP contribution in [0.1, 0.15) is 45.4 Å². The third kappa shape index (κ3) is 3.21. The van der Waals surface area contributed by atoms with Crippen LogP contribution in [0.2, 0.25) is 0 Å². The first-order valence-electron chi connectivity index (χ1n) is 7.76. The highest BCUT2D eigenvalue weighted by atomic mass is 16.5. The van der Waals surface area contributed by atoms with Gasteiger partial charge in [0.05, 0.1) is 5.41 Å². The van der Waals surface area contributed by atoms with Gasteiger partial charge < -0.3 is 19.8 Å². The van der Waals surface area contributed by atoms with E-state index in [9.17, 15) is 14.7 Å². The van der Waals surface area contributed by atoms with Gasteiger partial charge in [0.2, 0.25) is 5.91 Å². The second kappa shape index (κ2) is 6.32. The Labute approximate surface area is 125 Å². The number of carboxylic acid groups (broad SMARTS) is 1. The largest absolute Gasteiger partial charge is 0.479 e. The van der Waals surface area contributed by atoms with Crippen LogP contribution in [0, 0.1) is 5.41 Å². The maximum absolute atomic E-state index is 12.7. The molecule has 0 atom stereocenters. The second-order valence-corrected chi connectivity index (χ2v) is 6.21. The molecule has 0 aromatic carbocycles. The molecule has 2 fully saturated rings. The van der Waals surface area contributed by atoms with Crippen molar-refractivity contribution in [3.05, 3.63) is 0 Å². The first kappa shape index (κ1) is 16.2. The summed E-state index contributed by atoms with van der Waals surface area (Å²) in [5, 5.41) is 19.0. The van der Waals surface area contributed by atoms with Crippen molar-refractivity contribution >= 4 is 11.9 Å². The van der Waals surface area contributed by atoms with Gasteiger partial charge in [-0.25, -0.2) is 4.79 Å². The third-order valence-corrected chi connectivity index (χ3v) is 4.97. The average Bonchev–Trinajstić information content (AvgIpc) is 2.42. The standard InChI is InChI=1S/C15H25NO5/c1-2-21-11-8-14(4-3-5-14)12(17)16-9-6-15(20,7-10-16)13(18)19/h20H,2-11H2,1H3,(H,18,19). The van der Waals surface area contributed by atoms with E-state index >= 15 is 0 Å². The summed E-state index contributed by atoms with van der Waals surface area (Å²) >= 11 is 0. The molecule has 0 unspecified atom stereocenters. The van der Waals surface area contributed by atoms with Crippen molar-refractivity contribution in [3.63, 3.8) is 0 Å². The molecule has 1 saturated heterocycles. The number of amides is 1. The summed E-state index contributed by atoms with van der Waals surface area (Å²) in [4.78, 5) is 25.5. The van der Waals surface area contributed by atoms with E-state index in [0.29, 0.717) is 26.3 Å². The van der Waals surface area contributed by atoms with Crippen molar-refractivity contribution in [3.8, 4) is 0 Å². The normalized spacial score (nSPS) is 23.4. The van der Waals surface area contributed by atoms with E-state index < -0.39 is 11.6 Å². The predicted molar refractivity (Wildman–Crippen MR) is 75.8 cm³/mol. The average molecular weight is 299 g/mol. The molecular formula is C15H25NO5. The molecular weight excluding hydrogens is 274 g/mol. The molecule has 0 radical (unpaired) electrons. The second-order valence-electron chi connectivity index (χ2n) is 6.21. The summed E-state index contributed by atoms with van der Waals surface area (Å²) in [6, 6.07) is 0. The highest BCUT2D eigenvalue weighted by Crippen LogP contribution is 2.46. The molecule has 1 aliphatic heterocycles. The fraction of sp³-hybridized carbons (Fsp3) is 0.867. The Morgan fingerprint density at radius 2 is 1.81 bits per heavy atom. The fourth-order valence-corrected chi connectivity index (χ4v) is 3.22. The van der Waals surface area contributed by atoms with Gasteiger partial charge in [-0.2, -0.15) is 0 Å². The van der Waals surface area contributed by atoms with Crippen LogP contribution in [0.5, 0.6) is 0 Å². The fourth-order valence-electron chi connectivity index (χ4n) is 3.22. The lowest BCUT2D eigenvalue weighted by atomic mass is 9.65. The minimum absolute atomic E-state index is 0.107. The van der Waals surface area contributed by atoms with E-state index in [0.717, 1.165) is 25.7 Å². The van der Waals surface area contributed by atoms with Crippen molar-refractivity contribution < 1.29 is 24.5 Å². The highest BCUT2D eigenvalue weighted by Gasteiger charge is 2.48. The Morgan fingerprint density at radius 3 is 2.24 bits per heavy atom. The molecule has 0 aromatic heterocycles. The minimum Gasteiger partial charge on any atom is -0.479 e. The molecule has 6 heteroatoms. The van der Waals surface area contributed by atoms with Crippen molar-refractivity contribution in [1.82, 2.24) is 4.90 Å². The lowest BCUT2D eigenvalue weighted by Gasteiger charge is -2.46. The van der Waals surface area contributed by atoms with Gasteiger partial charge >= 0.3 is 5.97 Å². The minimum atomic E-state index is -1.67. The smallest absolute Gasteiger partial charge is 0.335 e. The number of piperidine rings is 1. The lowest BCUT2D eigenvalue weighted by molar-refractivity contribution is -0.168. The number of rotatable bonds is 6. The monoisotopic (exact) mass is 299 g/mol. The molecule has 0 bridgehead atoms. The highest BCUT2D eigenvalue weighted by molar-refractivity contribution is 5.84. The number of hydrogen-bond donors (Lipinski definition) is 2. The van der Waals surface area contributed by atoms with Crippen LogP contribution in [0.25, 0.3) is 0 Å². The molecule has 2 rings (SSSR count). The number of carbonyl (C=O) groups excluding carboxylic acids is 1. The SMILES string of the molecule is CCOCCC1(C(=O)N2CCC(O)(C(=O)O)CC2)CCC1. The number of nitrogens with zero attached hydrogens (tertiary/aromatic N) is 1. The number of aliphatic carboxylic acids is 1. The molecule has 1 aliphatic carbocycles. The van der Waals surface area contributed by atoms with Gasteiger partial charge in [0.1, 0.15) is 0 Å². The van der Waals surface area contributed by atoms with E-state index in [2.05, 4.69) is 0 Å². The van der Waals surface area contributed by atoms with Gasteiger partial charge in [-0.3, -0.25) is 4.79 Å². The zero-order valence-electron chi connectivity index (χ0n) is 12.6. The number of carbonyl (C=O) groups is 2. The van der Waals surface area contributed by atoms with Crippen molar-refractivity contribution in [1.29, 1.82) is 0 Å². The first-order chi connectivity index (χ1) is 9.93. The van der Waals surface area contributed by atoms with E-state index in [-0.39, 0.29) is 24.2 Å². The summed E-state index contributed by atoms with van der Waals surface area (Å²) in [6.45, 7) is 3.82. The topological polar surface area (TPSA) is 87.1 Å². The zero-order chi connectivity index (χ0) is 15.5. The molecule has 1 saturated carbocycles. The van der Waals surface area contributed by atoms with E-state index in [1.165, 1.54) is 0 Å². The Hall–Kier alpha value is -1.14. The van der Waals surface area contributed by atoms with Crippen LogP contribution in [0.4, 0.5) is 0 Å². The number of hydrogen-bond acceptors (Lipinski definition) is 4. The molecule has 6 nitrogen and oxygen atoms in total. The summed E-state index contributed by atoms with van der Waals surface area (Å²) in [5.74, 6) is -1.08. The lowest BCUT2D eigenvalue weighted by Crippen LogP contribution is -2.55. The Kier molecular flexibility index (Phi) is 4.88. The molecule has 1 amide bonds. The van der Waals surface area contributed by atoms with Crippen LogP contribution in [-0.2, 0) is 14.3 Å². The predicted octanol–water partition coefficient (Wildman–Crippen LogP) is 1.02. The van der Waals surface area contributed by atoms with Crippen LogP contribution in [-0.4, -0.2) is 58.9 Å². The quantitative estimate of drug-likeness (QED) is 0.715. The number of aliphatic hydroxyl groups is 1. The summed E-state index contributed by atoms with van der Waals surface area (Å²) < 4.78 is 5.38. The maximum atomic E-state index is 12.7. The van der Waals surface area contributed by atoms with Gasteiger partial charge in [0.15, 0.2) is 5.60 Å². The van der Waals surface area contributed by atoms with E-state index in [4.69, 9.17) is 9.84 Å². The van der Waals surface area contributed by atoms with Gasteiger partial charge in [0, 0.05) is 39.1 Å². The summed E-state index contributed by atoms with van der Waals surface area (Å²) in [5.41, 5.74) is -1.98. The molecule has 120 valence electrons. The summed E-state index contributed by atoms with van der Waals surface area (Å²) in [7, 11) is 0. The van der Waals surface area contributed by atoms with Crippen molar-refractivity contribution in [2.75, 3.05) is 26.3 Å². The number of carboxylic acids is 1. The molecule has 2 aliphatic rings. The third-order valence-electron chi connectivity index (χ3n) is 4.97. The van der Waals surface area contributed by atoms with Crippen LogP contribution in [0.15, 0.2) is 0 Å². The Morgan fingerprint density at radius 1 is 1.19 bits per heavy atom. The molecule has 21 heavy (non-hydrogen) atoms. The summed E-state index contributed by atoms with van der Waals surface area (Å²) in [6.07, 6.45) is 3.78. The number of ether oxygens (including phenoxy) is 1. The van der Waals surface area contributed by atoms with Gasteiger partial charge in [0.25, 0.3) is 0 Å². The molecule has 2 N–H and O–H groups in total.